The lowest BCUT2D eigenvalue weighted by molar-refractivity contribution is -0.146. The van der Waals surface area contributed by atoms with E-state index in [9.17, 15) is 4.79 Å². The predicted octanol–water partition coefficient (Wildman–Crippen LogP) is 0.176. The molecule has 2 aliphatic heterocycles. The first-order chi connectivity index (χ1) is 6.84. The summed E-state index contributed by atoms with van der Waals surface area (Å²) in [6.07, 6.45) is 1.60. The molecule has 14 heavy (non-hydrogen) atoms. The molecule has 0 amide bonds. The van der Waals surface area contributed by atoms with Crippen molar-refractivity contribution in [2.45, 2.75) is 12.8 Å². The Morgan fingerprint density at radius 1 is 1.43 bits per heavy atom. The number of rotatable bonds is 4. The number of ether oxygens (including phenoxy) is 2. The van der Waals surface area contributed by atoms with Crippen LogP contribution in [-0.2, 0) is 14.3 Å². The van der Waals surface area contributed by atoms with Crippen molar-refractivity contribution in [3.05, 3.63) is 0 Å². The van der Waals surface area contributed by atoms with E-state index in [4.69, 9.17) is 9.47 Å². The summed E-state index contributed by atoms with van der Waals surface area (Å²) in [7, 11) is 0. The normalized spacial score (nSPS) is 27.3. The summed E-state index contributed by atoms with van der Waals surface area (Å²) in [6.45, 7) is 4.02. The van der Waals surface area contributed by atoms with Crippen LogP contribution in [0.2, 0.25) is 0 Å². The molecule has 2 aliphatic rings. The van der Waals surface area contributed by atoms with Crippen molar-refractivity contribution >= 4 is 5.97 Å². The topological polar surface area (TPSA) is 47.6 Å². The fraction of sp³-hybridized carbons (Fsp3) is 0.900. The summed E-state index contributed by atoms with van der Waals surface area (Å²) in [6, 6.07) is 0. The van der Waals surface area contributed by atoms with Gasteiger partial charge in [0.2, 0.25) is 0 Å². The summed E-state index contributed by atoms with van der Waals surface area (Å²) in [4.78, 5) is 11.3. The van der Waals surface area contributed by atoms with Gasteiger partial charge in [-0.2, -0.15) is 0 Å². The molecule has 1 atom stereocenters. The SMILES string of the molecule is O=C(CC1CNC1)OCC1CCOC1. The number of esters is 1. The highest BCUT2D eigenvalue weighted by atomic mass is 16.5. The highest BCUT2D eigenvalue weighted by Crippen LogP contribution is 2.14. The van der Waals surface area contributed by atoms with Crippen molar-refractivity contribution in [1.29, 1.82) is 0 Å². The van der Waals surface area contributed by atoms with Crippen molar-refractivity contribution in [3.63, 3.8) is 0 Å². The van der Waals surface area contributed by atoms with Crippen LogP contribution < -0.4 is 5.32 Å². The van der Waals surface area contributed by atoms with E-state index in [0.717, 1.165) is 32.7 Å². The zero-order valence-electron chi connectivity index (χ0n) is 8.33. The van der Waals surface area contributed by atoms with Gasteiger partial charge in [-0.3, -0.25) is 4.79 Å². The molecule has 1 N–H and O–H groups in total. The van der Waals surface area contributed by atoms with Crippen LogP contribution in [0.4, 0.5) is 0 Å². The van der Waals surface area contributed by atoms with Crippen molar-refractivity contribution in [3.8, 4) is 0 Å². The van der Waals surface area contributed by atoms with Crippen molar-refractivity contribution in [2.75, 3.05) is 32.9 Å². The predicted molar refractivity (Wildman–Crippen MR) is 50.9 cm³/mol. The van der Waals surface area contributed by atoms with Crippen LogP contribution >= 0.6 is 0 Å². The second-order valence-corrected chi connectivity index (χ2v) is 4.14. The lowest BCUT2D eigenvalue weighted by atomic mass is 10.00. The van der Waals surface area contributed by atoms with E-state index in [1.165, 1.54) is 0 Å². The third-order valence-corrected chi connectivity index (χ3v) is 2.83. The third kappa shape index (κ3) is 2.69. The van der Waals surface area contributed by atoms with Crippen LogP contribution in [0.3, 0.4) is 0 Å². The maximum absolute atomic E-state index is 11.3. The van der Waals surface area contributed by atoms with Gasteiger partial charge >= 0.3 is 5.97 Å². The number of carbonyl (C=O) groups is 1. The van der Waals surface area contributed by atoms with Gasteiger partial charge in [-0.25, -0.2) is 0 Å². The second-order valence-electron chi connectivity index (χ2n) is 4.14. The van der Waals surface area contributed by atoms with Crippen LogP contribution in [0.5, 0.6) is 0 Å². The molecule has 80 valence electrons. The Labute approximate surface area is 84.0 Å². The average Bonchev–Trinajstić information content (AvgIpc) is 2.60. The molecule has 0 aromatic carbocycles. The summed E-state index contributed by atoms with van der Waals surface area (Å²) in [5.74, 6) is 0.879. The Kier molecular flexibility index (Phi) is 3.37. The van der Waals surface area contributed by atoms with Crippen LogP contribution in [0.1, 0.15) is 12.8 Å². The molecule has 0 spiro atoms. The van der Waals surface area contributed by atoms with Crippen LogP contribution in [0.15, 0.2) is 0 Å². The molecule has 2 rings (SSSR count). The Bertz CT molecular complexity index is 198. The average molecular weight is 199 g/mol. The Morgan fingerprint density at radius 3 is 2.86 bits per heavy atom. The molecule has 0 aliphatic carbocycles. The number of hydrogen-bond donors (Lipinski definition) is 1. The van der Waals surface area contributed by atoms with Gasteiger partial charge in [-0.05, 0) is 25.4 Å². The minimum Gasteiger partial charge on any atom is -0.465 e. The summed E-state index contributed by atoms with van der Waals surface area (Å²) in [5.41, 5.74) is 0. The van der Waals surface area contributed by atoms with Gasteiger partial charge in [0.05, 0.1) is 19.6 Å². The van der Waals surface area contributed by atoms with E-state index >= 15 is 0 Å². The van der Waals surface area contributed by atoms with E-state index in [2.05, 4.69) is 5.32 Å². The molecular formula is C10H17NO3. The lowest BCUT2D eigenvalue weighted by Gasteiger charge is -2.26. The molecule has 2 heterocycles. The molecule has 0 saturated carbocycles. The molecule has 4 nitrogen and oxygen atoms in total. The molecular weight excluding hydrogens is 182 g/mol. The van der Waals surface area contributed by atoms with Gasteiger partial charge in [0.1, 0.15) is 0 Å². The third-order valence-electron chi connectivity index (χ3n) is 2.83. The van der Waals surface area contributed by atoms with E-state index in [-0.39, 0.29) is 5.97 Å². The first kappa shape index (κ1) is 9.93. The van der Waals surface area contributed by atoms with E-state index < -0.39 is 0 Å². The van der Waals surface area contributed by atoms with Gasteiger partial charge in [-0.1, -0.05) is 0 Å². The minimum atomic E-state index is -0.0524. The highest BCUT2D eigenvalue weighted by molar-refractivity contribution is 5.69. The Hall–Kier alpha value is -0.610. The van der Waals surface area contributed by atoms with Gasteiger partial charge in [-0.15, -0.1) is 0 Å². The largest absolute Gasteiger partial charge is 0.465 e. The number of carbonyl (C=O) groups excluding carboxylic acids is 1. The minimum absolute atomic E-state index is 0.0524. The van der Waals surface area contributed by atoms with Crippen LogP contribution in [-0.4, -0.2) is 38.9 Å². The van der Waals surface area contributed by atoms with Crippen molar-refractivity contribution in [1.82, 2.24) is 5.32 Å². The maximum Gasteiger partial charge on any atom is 0.306 e. The smallest absolute Gasteiger partial charge is 0.306 e. The molecule has 0 radical (unpaired) electrons. The molecule has 2 fully saturated rings. The number of hydrogen-bond acceptors (Lipinski definition) is 4. The summed E-state index contributed by atoms with van der Waals surface area (Å²) in [5, 5.41) is 3.14. The Morgan fingerprint density at radius 2 is 2.29 bits per heavy atom. The first-order valence-electron chi connectivity index (χ1n) is 5.28. The molecule has 0 aromatic rings. The lowest BCUT2D eigenvalue weighted by Crippen LogP contribution is -2.43. The van der Waals surface area contributed by atoms with Gasteiger partial charge < -0.3 is 14.8 Å². The van der Waals surface area contributed by atoms with Crippen LogP contribution in [0.25, 0.3) is 0 Å². The molecule has 2 saturated heterocycles. The summed E-state index contributed by atoms with van der Waals surface area (Å²) >= 11 is 0. The van der Waals surface area contributed by atoms with Crippen molar-refractivity contribution in [2.24, 2.45) is 11.8 Å². The number of nitrogens with one attached hydrogen (secondary N) is 1. The fourth-order valence-corrected chi connectivity index (χ4v) is 1.71. The molecule has 0 aromatic heterocycles. The van der Waals surface area contributed by atoms with E-state index in [1.807, 2.05) is 0 Å². The van der Waals surface area contributed by atoms with Gasteiger partial charge in [0.25, 0.3) is 0 Å². The molecule has 4 heteroatoms. The highest BCUT2D eigenvalue weighted by Gasteiger charge is 2.22. The summed E-state index contributed by atoms with van der Waals surface area (Å²) < 4.78 is 10.4. The zero-order chi connectivity index (χ0) is 9.80. The monoisotopic (exact) mass is 199 g/mol. The maximum atomic E-state index is 11.3. The first-order valence-corrected chi connectivity index (χ1v) is 5.28. The zero-order valence-corrected chi connectivity index (χ0v) is 8.33. The quantitative estimate of drug-likeness (QED) is 0.656. The standard InChI is InChI=1S/C10H17NO3/c12-10(3-9-4-11-5-9)14-7-8-1-2-13-6-8/h8-9,11H,1-7H2. The molecule has 1 unspecified atom stereocenters. The van der Waals surface area contributed by atoms with E-state index in [0.29, 0.717) is 24.9 Å². The van der Waals surface area contributed by atoms with Gasteiger partial charge in [0.15, 0.2) is 0 Å². The van der Waals surface area contributed by atoms with Crippen molar-refractivity contribution < 1.29 is 14.3 Å². The second kappa shape index (κ2) is 4.75. The Balaban J connectivity index is 1.57. The van der Waals surface area contributed by atoms with Gasteiger partial charge in [0, 0.05) is 12.5 Å². The van der Waals surface area contributed by atoms with E-state index in [1.54, 1.807) is 0 Å². The molecule has 0 bridgehead atoms. The fourth-order valence-electron chi connectivity index (χ4n) is 1.71. The van der Waals surface area contributed by atoms with Crippen LogP contribution in [0, 0.1) is 11.8 Å².